The highest BCUT2D eigenvalue weighted by molar-refractivity contribution is 5.79. The Morgan fingerprint density at radius 1 is 1.19 bits per heavy atom. The Labute approximate surface area is 123 Å². The molecule has 0 bridgehead atoms. The second kappa shape index (κ2) is 6.66. The predicted octanol–water partition coefficient (Wildman–Crippen LogP) is 3.24. The summed E-state index contributed by atoms with van der Waals surface area (Å²) in [6.45, 7) is 0. The molecular formula is C16H18F2N2O. The van der Waals surface area contributed by atoms with E-state index in [2.05, 4.69) is 11.4 Å². The second-order valence-corrected chi connectivity index (χ2v) is 5.58. The zero-order valence-corrected chi connectivity index (χ0v) is 11.8. The molecule has 0 saturated heterocycles. The predicted molar refractivity (Wildman–Crippen MR) is 74.3 cm³/mol. The van der Waals surface area contributed by atoms with Crippen LogP contribution in [0.1, 0.15) is 44.1 Å². The van der Waals surface area contributed by atoms with Gasteiger partial charge >= 0.3 is 0 Å². The molecule has 0 unspecified atom stereocenters. The number of nitrogens with zero attached hydrogens (tertiary/aromatic N) is 1. The molecule has 1 aliphatic rings. The first kappa shape index (κ1) is 15.4. The van der Waals surface area contributed by atoms with Gasteiger partial charge in [0, 0.05) is 0 Å². The van der Waals surface area contributed by atoms with Crippen molar-refractivity contribution in [2.24, 2.45) is 0 Å². The van der Waals surface area contributed by atoms with Crippen LogP contribution in [0.3, 0.4) is 0 Å². The Morgan fingerprint density at radius 2 is 1.86 bits per heavy atom. The van der Waals surface area contributed by atoms with E-state index in [4.69, 9.17) is 0 Å². The molecule has 0 aromatic heterocycles. The third-order valence-corrected chi connectivity index (χ3v) is 3.90. The molecule has 1 N–H and O–H groups in total. The van der Waals surface area contributed by atoms with Crippen molar-refractivity contribution in [3.8, 4) is 6.07 Å². The van der Waals surface area contributed by atoms with Crippen molar-refractivity contribution in [1.82, 2.24) is 5.32 Å². The molecule has 1 aromatic rings. The number of benzene rings is 1. The molecule has 1 amide bonds. The molecule has 3 nitrogen and oxygen atoms in total. The molecule has 1 fully saturated rings. The first-order valence-electron chi connectivity index (χ1n) is 7.21. The normalized spacial score (nSPS) is 17.6. The molecule has 5 heteroatoms. The monoisotopic (exact) mass is 292 g/mol. The van der Waals surface area contributed by atoms with Gasteiger partial charge in [0.2, 0.25) is 5.91 Å². The number of hydrogen-bond acceptors (Lipinski definition) is 2. The van der Waals surface area contributed by atoms with Gasteiger partial charge in [0.25, 0.3) is 0 Å². The minimum atomic E-state index is -0.968. The minimum Gasteiger partial charge on any atom is -0.338 e. The summed E-state index contributed by atoms with van der Waals surface area (Å²) in [5.41, 5.74) is -0.417. The number of nitriles is 1. The van der Waals surface area contributed by atoms with E-state index in [1.54, 1.807) is 0 Å². The van der Waals surface area contributed by atoms with Gasteiger partial charge in [0.15, 0.2) is 11.6 Å². The van der Waals surface area contributed by atoms with Crippen LogP contribution in [0, 0.1) is 23.0 Å². The van der Waals surface area contributed by atoms with Crippen LogP contribution in [-0.4, -0.2) is 11.4 Å². The molecule has 0 aliphatic heterocycles. The van der Waals surface area contributed by atoms with Crippen molar-refractivity contribution in [3.05, 3.63) is 35.4 Å². The van der Waals surface area contributed by atoms with Crippen molar-refractivity contribution in [2.45, 2.75) is 50.5 Å². The summed E-state index contributed by atoms with van der Waals surface area (Å²) in [4.78, 5) is 12.1. The van der Waals surface area contributed by atoms with Crippen LogP contribution in [0.25, 0.3) is 0 Å². The lowest BCUT2D eigenvalue weighted by Crippen LogP contribution is -2.47. The fourth-order valence-electron chi connectivity index (χ4n) is 2.74. The Kier molecular flexibility index (Phi) is 4.89. The molecule has 1 aliphatic carbocycles. The quantitative estimate of drug-likeness (QED) is 0.869. The lowest BCUT2D eigenvalue weighted by atomic mass is 9.91. The minimum absolute atomic E-state index is 0.0549. The zero-order valence-electron chi connectivity index (χ0n) is 11.8. The van der Waals surface area contributed by atoms with E-state index in [9.17, 15) is 18.8 Å². The smallest absolute Gasteiger partial charge is 0.225 e. The number of carbonyl (C=O) groups is 1. The molecule has 0 radical (unpaired) electrons. The number of amides is 1. The lowest BCUT2D eigenvalue weighted by Gasteiger charge is -2.26. The molecular weight excluding hydrogens is 274 g/mol. The fourth-order valence-corrected chi connectivity index (χ4v) is 2.74. The van der Waals surface area contributed by atoms with Gasteiger partial charge in [-0.2, -0.15) is 5.26 Å². The van der Waals surface area contributed by atoms with Crippen molar-refractivity contribution >= 4 is 5.91 Å². The standard InChI is InChI=1S/C16H18F2N2O/c17-13-6-5-12(9-14(13)18)10-15(21)20-16(11-19)7-3-1-2-4-8-16/h5-6,9H,1-4,7-8,10H2,(H,20,21). The van der Waals surface area contributed by atoms with Crippen LogP contribution in [0.5, 0.6) is 0 Å². The van der Waals surface area contributed by atoms with Crippen LogP contribution < -0.4 is 5.32 Å². The summed E-state index contributed by atoms with van der Waals surface area (Å²) in [5, 5.41) is 12.2. The van der Waals surface area contributed by atoms with E-state index < -0.39 is 17.2 Å². The average Bonchev–Trinajstić information content (AvgIpc) is 2.69. The number of nitrogens with one attached hydrogen (secondary N) is 1. The molecule has 21 heavy (non-hydrogen) atoms. The number of carbonyl (C=O) groups excluding carboxylic acids is 1. The Morgan fingerprint density at radius 3 is 2.43 bits per heavy atom. The van der Waals surface area contributed by atoms with E-state index in [1.165, 1.54) is 6.07 Å². The molecule has 1 saturated carbocycles. The molecule has 2 rings (SSSR count). The van der Waals surface area contributed by atoms with Gasteiger partial charge in [0.05, 0.1) is 12.5 Å². The van der Waals surface area contributed by atoms with Crippen LogP contribution in [-0.2, 0) is 11.2 Å². The van der Waals surface area contributed by atoms with Crippen LogP contribution in [0.4, 0.5) is 8.78 Å². The van der Waals surface area contributed by atoms with Crippen molar-refractivity contribution in [2.75, 3.05) is 0 Å². The second-order valence-electron chi connectivity index (χ2n) is 5.58. The van der Waals surface area contributed by atoms with Gasteiger partial charge in [-0.25, -0.2) is 8.78 Å². The SMILES string of the molecule is N#CC1(NC(=O)Cc2ccc(F)c(F)c2)CCCCCC1. The third kappa shape index (κ3) is 4.01. The van der Waals surface area contributed by atoms with E-state index in [0.717, 1.165) is 37.8 Å². The Bertz CT molecular complexity index is 558. The van der Waals surface area contributed by atoms with Crippen molar-refractivity contribution in [3.63, 3.8) is 0 Å². The van der Waals surface area contributed by atoms with E-state index in [1.807, 2.05) is 0 Å². The lowest BCUT2D eigenvalue weighted by molar-refractivity contribution is -0.121. The summed E-state index contributed by atoms with van der Waals surface area (Å²) in [6, 6.07) is 5.63. The topological polar surface area (TPSA) is 52.9 Å². The maximum atomic E-state index is 13.1. The van der Waals surface area contributed by atoms with Gasteiger partial charge in [-0.05, 0) is 30.5 Å². The van der Waals surface area contributed by atoms with Gasteiger partial charge in [-0.15, -0.1) is 0 Å². The first-order chi connectivity index (χ1) is 10.0. The summed E-state index contributed by atoms with van der Waals surface area (Å²) in [6.07, 6.45) is 5.21. The summed E-state index contributed by atoms with van der Waals surface area (Å²) >= 11 is 0. The van der Waals surface area contributed by atoms with E-state index in [0.29, 0.717) is 18.4 Å². The van der Waals surface area contributed by atoms with Crippen molar-refractivity contribution in [1.29, 1.82) is 5.26 Å². The molecule has 0 spiro atoms. The summed E-state index contributed by atoms with van der Waals surface area (Å²) in [5.74, 6) is -2.23. The maximum Gasteiger partial charge on any atom is 0.225 e. The summed E-state index contributed by atoms with van der Waals surface area (Å²) in [7, 11) is 0. The van der Waals surface area contributed by atoms with Gasteiger partial charge in [-0.1, -0.05) is 31.7 Å². The number of halogens is 2. The molecule has 112 valence electrons. The van der Waals surface area contributed by atoms with Gasteiger partial charge < -0.3 is 5.32 Å². The van der Waals surface area contributed by atoms with E-state index in [-0.39, 0.29) is 12.3 Å². The Hall–Kier alpha value is -1.96. The van der Waals surface area contributed by atoms with Crippen LogP contribution in [0.15, 0.2) is 18.2 Å². The highest BCUT2D eigenvalue weighted by Crippen LogP contribution is 2.26. The van der Waals surface area contributed by atoms with Crippen LogP contribution >= 0.6 is 0 Å². The third-order valence-electron chi connectivity index (χ3n) is 3.90. The van der Waals surface area contributed by atoms with Crippen LogP contribution in [0.2, 0.25) is 0 Å². The maximum absolute atomic E-state index is 13.1. The Balaban J connectivity index is 2.02. The summed E-state index contributed by atoms with van der Waals surface area (Å²) < 4.78 is 26.0. The first-order valence-corrected chi connectivity index (χ1v) is 7.21. The largest absolute Gasteiger partial charge is 0.338 e. The number of rotatable bonds is 3. The van der Waals surface area contributed by atoms with E-state index >= 15 is 0 Å². The molecule has 1 aromatic carbocycles. The zero-order chi connectivity index (χ0) is 15.3. The van der Waals surface area contributed by atoms with Crippen molar-refractivity contribution < 1.29 is 13.6 Å². The average molecular weight is 292 g/mol. The highest BCUT2D eigenvalue weighted by atomic mass is 19.2. The molecule has 0 atom stereocenters. The molecule has 0 heterocycles. The highest BCUT2D eigenvalue weighted by Gasteiger charge is 2.32. The number of hydrogen-bond donors (Lipinski definition) is 1. The van der Waals surface area contributed by atoms with Gasteiger partial charge in [-0.3, -0.25) is 4.79 Å². The fraction of sp³-hybridized carbons (Fsp3) is 0.500. The van der Waals surface area contributed by atoms with Gasteiger partial charge in [0.1, 0.15) is 5.54 Å².